The van der Waals surface area contributed by atoms with Crippen molar-refractivity contribution < 1.29 is 4.79 Å². The summed E-state index contributed by atoms with van der Waals surface area (Å²) in [5, 5.41) is 1.55. The number of nitrogens with zero attached hydrogens (tertiary/aromatic N) is 1. The molecule has 134 valence electrons. The van der Waals surface area contributed by atoms with Crippen LogP contribution in [-0.4, -0.2) is 22.1 Å². The number of rotatable bonds is 7. The number of benzene rings is 2. The summed E-state index contributed by atoms with van der Waals surface area (Å²) < 4.78 is 0. The number of carbonyl (C=O) groups is 1. The zero-order valence-corrected chi connectivity index (χ0v) is 16.6. The van der Waals surface area contributed by atoms with E-state index >= 15 is 0 Å². The number of unbranched alkanes of at least 4 members (excludes halogenated alkanes) is 1. The summed E-state index contributed by atoms with van der Waals surface area (Å²) in [6, 6.07) is 17.1. The molecule has 0 amide bonds. The zero-order chi connectivity index (χ0) is 18.5. The SMILES string of the molecule is NCCCCC(Br)C(=O)c1cc(-c2ccc(Cl)cc2)nc2ccccc12. The van der Waals surface area contributed by atoms with Crippen LogP contribution in [0.5, 0.6) is 0 Å². The molecule has 0 aliphatic rings. The largest absolute Gasteiger partial charge is 0.330 e. The van der Waals surface area contributed by atoms with Crippen LogP contribution in [0.15, 0.2) is 54.6 Å². The van der Waals surface area contributed by atoms with Gasteiger partial charge in [-0.25, -0.2) is 4.98 Å². The molecule has 1 unspecified atom stereocenters. The third kappa shape index (κ3) is 4.32. The van der Waals surface area contributed by atoms with Crippen molar-refractivity contribution in [2.75, 3.05) is 6.54 Å². The minimum atomic E-state index is -0.224. The van der Waals surface area contributed by atoms with Crippen molar-refractivity contribution in [3.63, 3.8) is 0 Å². The van der Waals surface area contributed by atoms with Gasteiger partial charge < -0.3 is 5.73 Å². The van der Waals surface area contributed by atoms with Crippen molar-refractivity contribution in [3.8, 4) is 11.3 Å². The fraction of sp³-hybridized carbons (Fsp3) is 0.238. The Bertz CT molecular complexity index is 912. The first-order valence-electron chi connectivity index (χ1n) is 8.64. The van der Waals surface area contributed by atoms with Gasteiger partial charge in [0.05, 0.1) is 16.0 Å². The molecule has 0 spiro atoms. The number of nitrogens with two attached hydrogens (primary N) is 1. The fourth-order valence-electron chi connectivity index (χ4n) is 2.92. The second kappa shape index (κ2) is 8.76. The lowest BCUT2D eigenvalue weighted by Gasteiger charge is -2.13. The van der Waals surface area contributed by atoms with Gasteiger partial charge in [0.1, 0.15) is 0 Å². The standard InChI is InChI=1S/C21H20BrClN2O/c22-18(6-3-4-12-24)21(26)17-13-20(14-8-10-15(23)11-9-14)25-19-7-2-1-5-16(17)19/h1-2,5,7-11,13,18H,3-4,6,12,24H2. The summed E-state index contributed by atoms with van der Waals surface area (Å²) >= 11 is 9.55. The Hall–Kier alpha value is -1.75. The number of ketones is 1. The highest BCUT2D eigenvalue weighted by atomic mass is 79.9. The van der Waals surface area contributed by atoms with Gasteiger partial charge in [-0.05, 0) is 43.7 Å². The second-order valence-electron chi connectivity index (χ2n) is 6.20. The van der Waals surface area contributed by atoms with Crippen LogP contribution < -0.4 is 5.73 Å². The molecule has 0 aliphatic carbocycles. The number of fused-ring (bicyclic) bond motifs is 1. The lowest BCUT2D eigenvalue weighted by atomic mass is 9.98. The van der Waals surface area contributed by atoms with E-state index in [0.29, 0.717) is 17.1 Å². The number of para-hydroxylation sites is 1. The van der Waals surface area contributed by atoms with E-state index in [1.165, 1.54) is 0 Å². The molecular formula is C21H20BrClN2O. The smallest absolute Gasteiger partial charge is 0.177 e. The average Bonchev–Trinajstić information content (AvgIpc) is 2.67. The normalized spacial score (nSPS) is 12.3. The second-order valence-corrected chi connectivity index (χ2v) is 7.74. The molecule has 3 nitrogen and oxygen atoms in total. The van der Waals surface area contributed by atoms with Crippen LogP contribution in [0.3, 0.4) is 0 Å². The number of aromatic nitrogens is 1. The molecule has 5 heteroatoms. The quantitative estimate of drug-likeness (QED) is 0.299. The van der Waals surface area contributed by atoms with Gasteiger partial charge >= 0.3 is 0 Å². The van der Waals surface area contributed by atoms with E-state index in [0.717, 1.165) is 41.4 Å². The molecule has 0 aliphatic heterocycles. The summed E-state index contributed by atoms with van der Waals surface area (Å²) in [6.45, 7) is 0.646. The summed E-state index contributed by atoms with van der Waals surface area (Å²) in [5.41, 5.74) is 8.76. The number of alkyl halides is 1. The lowest BCUT2D eigenvalue weighted by Crippen LogP contribution is -2.15. The maximum absolute atomic E-state index is 13.1. The summed E-state index contributed by atoms with van der Waals surface area (Å²) in [7, 11) is 0. The number of Topliss-reactive ketones (excluding diaryl/α,β-unsaturated/α-hetero) is 1. The van der Waals surface area contributed by atoms with Crippen molar-refractivity contribution in [1.82, 2.24) is 4.98 Å². The van der Waals surface area contributed by atoms with Crippen LogP contribution in [0, 0.1) is 0 Å². The molecule has 2 aromatic carbocycles. The van der Waals surface area contributed by atoms with E-state index in [-0.39, 0.29) is 10.6 Å². The van der Waals surface area contributed by atoms with Gasteiger partial charge in [-0.15, -0.1) is 0 Å². The minimum Gasteiger partial charge on any atom is -0.330 e. The Morgan fingerprint density at radius 2 is 1.85 bits per heavy atom. The lowest BCUT2D eigenvalue weighted by molar-refractivity contribution is 0.0989. The average molecular weight is 432 g/mol. The van der Waals surface area contributed by atoms with Crippen molar-refractivity contribution >= 4 is 44.2 Å². The molecular weight excluding hydrogens is 412 g/mol. The van der Waals surface area contributed by atoms with Crippen molar-refractivity contribution in [2.24, 2.45) is 5.73 Å². The predicted molar refractivity (Wildman–Crippen MR) is 112 cm³/mol. The molecule has 1 atom stereocenters. The third-order valence-electron chi connectivity index (χ3n) is 4.32. The highest BCUT2D eigenvalue weighted by Crippen LogP contribution is 2.28. The first kappa shape index (κ1) is 19.0. The van der Waals surface area contributed by atoms with Gasteiger partial charge in [0.2, 0.25) is 0 Å². The van der Waals surface area contributed by atoms with Crippen LogP contribution in [0.25, 0.3) is 22.2 Å². The van der Waals surface area contributed by atoms with Crippen LogP contribution in [-0.2, 0) is 0 Å². The molecule has 2 N–H and O–H groups in total. The Morgan fingerprint density at radius 1 is 1.12 bits per heavy atom. The third-order valence-corrected chi connectivity index (χ3v) is 5.44. The van der Waals surface area contributed by atoms with Crippen molar-refractivity contribution in [2.45, 2.75) is 24.1 Å². The monoisotopic (exact) mass is 430 g/mol. The summed E-state index contributed by atoms with van der Waals surface area (Å²) in [4.78, 5) is 17.6. The molecule has 1 aromatic heterocycles. The van der Waals surface area contributed by atoms with E-state index in [4.69, 9.17) is 22.3 Å². The van der Waals surface area contributed by atoms with Gasteiger partial charge in [0.25, 0.3) is 0 Å². The molecule has 0 saturated carbocycles. The molecule has 1 heterocycles. The Balaban J connectivity index is 2.02. The molecule has 0 bridgehead atoms. The zero-order valence-electron chi connectivity index (χ0n) is 14.3. The van der Waals surface area contributed by atoms with Crippen LogP contribution >= 0.6 is 27.5 Å². The van der Waals surface area contributed by atoms with Gasteiger partial charge in [-0.1, -0.05) is 64.3 Å². The van der Waals surface area contributed by atoms with E-state index in [2.05, 4.69) is 15.9 Å². The number of hydrogen-bond acceptors (Lipinski definition) is 3. The van der Waals surface area contributed by atoms with Gasteiger partial charge in [-0.3, -0.25) is 4.79 Å². The van der Waals surface area contributed by atoms with E-state index in [1.807, 2.05) is 54.6 Å². The maximum Gasteiger partial charge on any atom is 0.177 e. The van der Waals surface area contributed by atoms with Crippen molar-refractivity contribution in [1.29, 1.82) is 0 Å². The summed E-state index contributed by atoms with van der Waals surface area (Å²) in [6.07, 6.45) is 2.61. The van der Waals surface area contributed by atoms with Gasteiger partial charge in [0, 0.05) is 21.5 Å². The highest BCUT2D eigenvalue weighted by molar-refractivity contribution is 9.10. The van der Waals surface area contributed by atoms with E-state index in [9.17, 15) is 4.79 Å². The number of halogens is 2. The topological polar surface area (TPSA) is 56.0 Å². The minimum absolute atomic E-state index is 0.0795. The Morgan fingerprint density at radius 3 is 2.58 bits per heavy atom. The van der Waals surface area contributed by atoms with Crippen LogP contribution in [0.1, 0.15) is 29.6 Å². The van der Waals surface area contributed by atoms with Crippen LogP contribution in [0.4, 0.5) is 0 Å². The first-order chi connectivity index (χ1) is 12.6. The predicted octanol–water partition coefficient (Wildman–Crippen LogP) is 5.63. The molecule has 0 saturated heterocycles. The fourth-order valence-corrected chi connectivity index (χ4v) is 3.61. The van der Waals surface area contributed by atoms with Crippen LogP contribution in [0.2, 0.25) is 5.02 Å². The number of carbonyl (C=O) groups excluding carboxylic acids is 1. The van der Waals surface area contributed by atoms with Gasteiger partial charge in [-0.2, -0.15) is 0 Å². The van der Waals surface area contributed by atoms with E-state index < -0.39 is 0 Å². The molecule has 3 rings (SSSR count). The first-order valence-corrected chi connectivity index (χ1v) is 9.93. The number of hydrogen-bond donors (Lipinski definition) is 1. The maximum atomic E-state index is 13.1. The molecule has 0 fully saturated rings. The van der Waals surface area contributed by atoms with Crippen molar-refractivity contribution in [3.05, 3.63) is 65.2 Å². The molecule has 26 heavy (non-hydrogen) atoms. The molecule has 3 aromatic rings. The highest BCUT2D eigenvalue weighted by Gasteiger charge is 2.20. The Labute approximate surface area is 166 Å². The Kier molecular flexibility index (Phi) is 6.41. The summed E-state index contributed by atoms with van der Waals surface area (Å²) in [5.74, 6) is 0.0795. The van der Waals surface area contributed by atoms with E-state index in [1.54, 1.807) is 0 Å². The number of pyridine rings is 1. The van der Waals surface area contributed by atoms with Gasteiger partial charge in [0.15, 0.2) is 5.78 Å². The molecule has 0 radical (unpaired) electrons.